The van der Waals surface area contributed by atoms with Crippen molar-refractivity contribution in [1.82, 2.24) is 0 Å². The Balaban J connectivity index is 2.27. The molecular weight excluding hydrogens is 404 g/mol. The molecule has 3 nitrogen and oxygen atoms in total. The number of aliphatic carboxylic acids is 1. The van der Waals surface area contributed by atoms with Gasteiger partial charge in [-0.15, -0.1) is 0 Å². The molecule has 0 heterocycles. The number of hydrogen-bond donors (Lipinski definition) is 1. The number of hydrogen-bond acceptors (Lipinski definition) is 2. The van der Waals surface area contributed by atoms with Crippen LogP contribution in [0.15, 0.2) is 65.2 Å². The molecule has 2 unspecified atom stereocenters. The molecule has 2 aromatic carbocycles. The molecule has 144 valence electrons. The van der Waals surface area contributed by atoms with Crippen molar-refractivity contribution in [2.75, 3.05) is 0 Å². The first-order chi connectivity index (χ1) is 12.7. The Morgan fingerprint density at radius 2 is 1.70 bits per heavy atom. The number of halogens is 5. The Bertz CT molecular complexity index is 803. The van der Waals surface area contributed by atoms with Crippen LogP contribution in [0, 0.1) is 11.8 Å². The Kier molecular flexibility index (Phi) is 7.16. The van der Waals surface area contributed by atoms with Crippen LogP contribution >= 0.6 is 23.2 Å². The van der Waals surface area contributed by atoms with Crippen LogP contribution in [0.25, 0.3) is 0 Å². The number of para-hydroxylation sites is 1. The maximum Gasteiger partial charge on any atom is 0.396 e. The van der Waals surface area contributed by atoms with Gasteiger partial charge in [0.2, 0.25) is 0 Å². The van der Waals surface area contributed by atoms with Crippen LogP contribution in [0.1, 0.15) is 5.56 Å². The van der Waals surface area contributed by atoms with Crippen LogP contribution in [0.4, 0.5) is 13.2 Å². The SMILES string of the molecule is O=C(O)C(Cc1cccc(Oc2ccccc2)c1)C(C=C(Cl)Cl)C(F)(F)F. The average Bonchev–Trinajstić information content (AvgIpc) is 2.58. The van der Waals surface area contributed by atoms with E-state index in [-0.39, 0.29) is 6.42 Å². The van der Waals surface area contributed by atoms with Crippen LogP contribution in [-0.4, -0.2) is 17.3 Å². The fourth-order valence-electron chi connectivity index (χ4n) is 2.56. The molecule has 0 aliphatic heterocycles. The fourth-order valence-corrected chi connectivity index (χ4v) is 2.83. The molecule has 0 fully saturated rings. The van der Waals surface area contributed by atoms with Crippen LogP contribution in [0.3, 0.4) is 0 Å². The highest BCUT2D eigenvalue weighted by Gasteiger charge is 2.46. The molecule has 0 amide bonds. The average molecular weight is 419 g/mol. The summed E-state index contributed by atoms with van der Waals surface area (Å²) < 4.78 is 44.9. The van der Waals surface area contributed by atoms with Crippen molar-refractivity contribution in [3.63, 3.8) is 0 Å². The van der Waals surface area contributed by atoms with Gasteiger partial charge in [0.05, 0.1) is 11.8 Å². The van der Waals surface area contributed by atoms with Gasteiger partial charge in [-0.25, -0.2) is 0 Å². The summed E-state index contributed by atoms with van der Waals surface area (Å²) in [6, 6.07) is 15.1. The topological polar surface area (TPSA) is 46.5 Å². The summed E-state index contributed by atoms with van der Waals surface area (Å²) in [6.45, 7) is 0. The fraction of sp³-hybridized carbons (Fsp3) is 0.211. The lowest BCUT2D eigenvalue weighted by atomic mass is 9.86. The van der Waals surface area contributed by atoms with Gasteiger partial charge < -0.3 is 9.84 Å². The molecule has 0 aromatic heterocycles. The van der Waals surface area contributed by atoms with E-state index in [4.69, 9.17) is 27.9 Å². The molecule has 8 heteroatoms. The van der Waals surface area contributed by atoms with Gasteiger partial charge in [-0.2, -0.15) is 13.2 Å². The number of carboxylic acids is 1. The zero-order valence-corrected chi connectivity index (χ0v) is 15.3. The Morgan fingerprint density at radius 1 is 1.07 bits per heavy atom. The number of carboxylic acid groups (broad SMARTS) is 1. The third-order valence-corrected chi connectivity index (χ3v) is 4.02. The maximum atomic E-state index is 13.3. The second-order valence-electron chi connectivity index (χ2n) is 5.74. The molecule has 0 saturated carbocycles. The van der Waals surface area contributed by atoms with E-state index in [0.717, 1.165) is 0 Å². The third kappa shape index (κ3) is 6.48. The largest absolute Gasteiger partial charge is 0.481 e. The van der Waals surface area contributed by atoms with Crippen LogP contribution in [-0.2, 0) is 11.2 Å². The smallest absolute Gasteiger partial charge is 0.396 e. The lowest BCUT2D eigenvalue weighted by Crippen LogP contribution is -2.35. The van der Waals surface area contributed by atoms with E-state index in [1.807, 2.05) is 6.07 Å². The summed E-state index contributed by atoms with van der Waals surface area (Å²) in [5.41, 5.74) is 0.379. The number of rotatable bonds is 7. The van der Waals surface area contributed by atoms with Crippen LogP contribution < -0.4 is 4.74 Å². The molecular formula is C19H15Cl2F3O3. The van der Waals surface area contributed by atoms with Crippen molar-refractivity contribution in [2.45, 2.75) is 12.6 Å². The van der Waals surface area contributed by atoms with Gasteiger partial charge in [0.1, 0.15) is 16.0 Å². The van der Waals surface area contributed by atoms with E-state index in [0.29, 0.717) is 23.1 Å². The Labute approximate surface area is 164 Å². The predicted molar refractivity (Wildman–Crippen MR) is 97.1 cm³/mol. The van der Waals surface area contributed by atoms with E-state index in [9.17, 15) is 23.1 Å². The second kappa shape index (κ2) is 9.15. The first-order valence-electron chi connectivity index (χ1n) is 7.81. The number of ether oxygens (including phenoxy) is 1. The lowest BCUT2D eigenvalue weighted by Gasteiger charge is -2.24. The number of carbonyl (C=O) groups is 1. The van der Waals surface area contributed by atoms with E-state index in [1.165, 1.54) is 12.1 Å². The molecule has 0 saturated heterocycles. The minimum atomic E-state index is -4.81. The number of allylic oxidation sites excluding steroid dienone is 1. The monoisotopic (exact) mass is 418 g/mol. The van der Waals surface area contributed by atoms with Crippen molar-refractivity contribution in [2.24, 2.45) is 11.8 Å². The van der Waals surface area contributed by atoms with E-state index >= 15 is 0 Å². The van der Waals surface area contributed by atoms with Crippen molar-refractivity contribution in [3.8, 4) is 11.5 Å². The standard InChI is InChI=1S/C19H15Cl2F3O3/c20-17(21)11-16(19(22,23)24)15(18(25)26)10-12-5-4-8-14(9-12)27-13-6-2-1-3-7-13/h1-9,11,15-16H,10H2,(H,25,26). The minimum absolute atomic E-state index is 0.372. The number of alkyl halides is 3. The van der Waals surface area contributed by atoms with Crippen LogP contribution in [0.2, 0.25) is 0 Å². The molecule has 0 aliphatic rings. The lowest BCUT2D eigenvalue weighted by molar-refractivity contribution is -0.184. The van der Waals surface area contributed by atoms with Crippen molar-refractivity contribution < 1.29 is 27.8 Å². The van der Waals surface area contributed by atoms with Gasteiger partial charge in [0.15, 0.2) is 0 Å². The molecule has 1 N–H and O–H groups in total. The maximum absolute atomic E-state index is 13.3. The van der Waals surface area contributed by atoms with Gasteiger partial charge >= 0.3 is 12.1 Å². The van der Waals surface area contributed by atoms with Crippen LogP contribution in [0.5, 0.6) is 11.5 Å². The summed E-state index contributed by atoms with van der Waals surface area (Å²) >= 11 is 10.7. The molecule has 0 bridgehead atoms. The predicted octanol–water partition coefficient (Wildman–Crippen LogP) is 6.22. The molecule has 2 rings (SSSR count). The molecule has 2 aromatic rings. The van der Waals surface area contributed by atoms with Crippen molar-refractivity contribution in [1.29, 1.82) is 0 Å². The van der Waals surface area contributed by atoms with Crippen molar-refractivity contribution in [3.05, 3.63) is 70.7 Å². The van der Waals surface area contributed by atoms with E-state index < -0.39 is 28.5 Å². The summed E-state index contributed by atoms with van der Waals surface area (Å²) in [5.74, 6) is -4.77. The van der Waals surface area contributed by atoms with Gasteiger partial charge in [-0.1, -0.05) is 53.5 Å². The van der Waals surface area contributed by atoms with Crippen molar-refractivity contribution >= 4 is 29.2 Å². The van der Waals surface area contributed by atoms with Gasteiger partial charge in [-0.3, -0.25) is 4.79 Å². The molecule has 27 heavy (non-hydrogen) atoms. The summed E-state index contributed by atoms with van der Waals surface area (Å²) in [7, 11) is 0. The Hall–Kier alpha value is -2.18. The zero-order chi connectivity index (χ0) is 20.0. The summed E-state index contributed by atoms with van der Waals surface area (Å²) in [5, 5.41) is 9.34. The Morgan fingerprint density at radius 3 is 2.26 bits per heavy atom. The molecule has 0 spiro atoms. The first-order valence-corrected chi connectivity index (χ1v) is 8.56. The summed E-state index contributed by atoms with van der Waals surface area (Å²) in [4.78, 5) is 11.5. The van der Waals surface area contributed by atoms with Gasteiger partial charge in [0, 0.05) is 0 Å². The summed E-state index contributed by atoms with van der Waals surface area (Å²) in [6.07, 6.45) is -4.68. The normalized spacial score (nSPS) is 13.5. The zero-order valence-electron chi connectivity index (χ0n) is 13.8. The number of benzene rings is 2. The van der Waals surface area contributed by atoms with Gasteiger partial charge in [0.25, 0.3) is 0 Å². The highest BCUT2D eigenvalue weighted by molar-refractivity contribution is 6.55. The minimum Gasteiger partial charge on any atom is -0.481 e. The molecule has 0 aliphatic carbocycles. The third-order valence-electron chi connectivity index (χ3n) is 3.77. The first kappa shape index (κ1) is 21.1. The van der Waals surface area contributed by atoms with Gasteiger partial charge in [-0.05, 0) is 42.3 Å². The quantitative estimate of drug-likeness (QED) is 0.580. The second-order valence-corrected chi connectivity index (χ2v) is 6.74. The highest BCUT2D eigenvalue weighted by Crippen LogP contribution is 2.37. The van der Waals surface area contributed by atoms with E-state index in [2.05, 4.69) is 0 Å². The van der Waals surface area contributed by atoms with E-state index in [1.54, 1.807) is 36.4 Å². The highest BCUT2D eigenvalue weighted by atomic mass is 35.5. The molecule has 2 atom stereocenters. The molecule has 0 radical (unpaired) electrons.